The minimum absolute atomic E-state index is 0.400. The minimum Gasteiger partial charge on any atom is -0.315 e. The number of nitrogens with one attached hydrogen (secondary N) is 1. The summed E-state index contributed by atoms with van der Waals surface area (Å²) in [5.74, 6) is 0. The summed E-state index contributed by atoms with van der Waals surface area (Å²) in [5.41, 5.74) is 1.37. The number of halogens is 1. The summed E-state index contributed by atoms with van der Waals surface area (Å²) < 4.78 is 1.17. The van der Waals surface area contributed by atoms with E-state index in [2.05, 4.69) is 81.9 Å². The topological polar surface area (TPSA) is 15.3 Å². The molecule has 2 aromatic rings. The molecule has 4 heteroatoms. The Morgan fingerprint density at radius 2 is 2.05 bits per heavy atom. The van der Waals surface area contributed by atoms with Gasteiger partial charge >= 0.3 is 0 Å². The smallest absolute Gasteiger partial charge is 0.0473 e. The third-order valence-corrected chi connectivity index (χ3v) is 5.01. The van der Waals surface area contributed by atoms with Gasteiger partial charge in [-0.05, 0) is 41.2 Å². The maximum atomic E-state index is 3.53. The zero-order valence-electron chi connectivity index (χ0n) is 12.0. The molecule has 0 saturated carbocycles. The van der Waals surface area contributed by atoms with Crippen molar-refractivity contribution < 1.29 is 0 Å². The largest absolute Gasteiger partial charge is 0.315 e. The molecule has 0 bridgehead atoms. The van der Waals surface area contributed by atoms with Gasteiger partial charge in [0.2, 0.25) is 0 Å². The van der Waals surface area contributed by atoms with Gasteiger partial charge in [0.05, 0.1) is 0 Å². The molecule has 2 nitrogen and oxygen atoms in total. The molecule has 20 heavy (non-hydrogen) atoms. The van der Waals surface area contributed by atoms with Gasteiger partial charge in [0.25, 0.3) is 0 Å². The molecule has 1 unspecified atom stereocenters. The van der Waals surface area contributed by atoms with Crippen LogP contribution in [0.1, 0.15) is 23.4 Å². The summed E-state index contributed by atoms with van der Waals surface area (Å²) in [6.07, 6.45) is 0. The summed E-state index contributed by atoms with van der Waals surface area (Å²) in [4.78, 5) is 3.80. The fourth-order valence-electron chi connectivity index (χ4n) is 2.28. The maximum absolute atomic E-state index is 3.53. The lowest BCUT2D eigenvalue weighted by Crippen LogP contribution is -2.32. The van der Waals surface area contributed by atoms with Crippen molar-refractivity contribution in [2.75, 3.05) is 20.1 Å². The molecule has 0 aliphatic rings. The Hall–Kier alpha value is -0.680. The summed E-state index contributed by atoms with van der Waals surface area (Å²) in [6.45, 7) is 5.10. The van der Waals surface area contributed by atoms with Crippen molar-refractivity contribution in [1.82, 2.24) is 10.2 Å². The molecular weight excluding hydrogens is 332 g/mol. The van der Waals surface area contributed by atoms with E-state index in [9.17, 15) is 0 Å². The van der Waals surface area contributed by atoms with E-state index in [1.54, 1.807) is 11.3 Å². The van der Waals surface area contributed by atoms with Crippen LogP contribution in [0.5, 0.6) is 0 Å². The van der Waals surface area contributed by atoms with Crippen molar-refractivity contribution in [3.8, 4) is 0 Å². The summed E-state index contributed by atoms with van der Waals surface area (Å²) >= 11 is 5.33. The average molecular weight is 353 g/mol. The van der Waals surface area contributed by atoms with Crippen molar-refractivity contribution in [2.24, 2.45) is 0 Å². The van der Waals surface area contributed by atoms with Crippen LogP contribution in [0.4, 0.5) is 0 Å². The number of thiophene rings is 1. The summed E-state index contributed by atoms with van der Waals surface area (Å²) in [6, 6.07) is 13.3. The SMILES string of the molecule is CCNCC(c1ccccc1)N(C)Cc1cc(Br)cs1. The zero-order valence-corrected chi connectivity index (χ0v) is 14.4. The molecule has 1 N–H and O–H groups in total. The summed E-state index contributed by atoms with van der Waals surface area (Å²) in [7, 11) is 2.20. The van der Waals surface area contributed by atoms with E-state index in [-0.39, 0.29) is 0 Å². The highest BCUT2D eigenvalue weighted by atomic mass is 79.9. The molecule has 0 fully saturated rings. The molecule has 1 atom stereocenters. The normalized spacial score (nSPS) is 12.8. The molecule has 0 aliphatic heterocycles. The first kappa shape index (κ1) is 15.7. The van der Waals surface area contributed by atoms with Crippen molar-refractivity contribution in [3.63, 3.8) is 0 Å². The van der Waals surface area contributed by atoms with Crippen LogP contribution in [0.2, 0.25) is 0 Å². The van der Waals surface area contributed by atoms with E-state index in [1.807, 2.05) is 0 Å². The Balaban J connectivity index is 2.09. The Kier molecular flexibility index (Phi) is 6.23. The predicted octanol–water partition coefficient (Wildman–Crippen LogP) is 4.29. The van der Waals surface area contributed by atoms with Crippen LogP contribution in [-0.2, 0) is 6.54 Å². The maximum Gasteiger partial charge on any atom is 0.0473 e. The molecule has 1 aromatic carbocycles. The number of likely N-dealkylation sites (N-methyl/N-ethyl adjacent to an activating group) is 2. The first-order valence-corrected chi connectivity index (χ1v) is 8.56. The van der Waals surface area contributed by atoms with Crippen LogP contribution in [0.25, 0.3) is 0 Å². The predicted molar refractivity (Wildman–Crippen MR) is 91.2 cm³/mol. The highest BCUT2D eigenvalue weighted by molar-refractivity contribution is 9.10. The fraction of sp³-hybridized carbons (Fsp3) is 0.375. The van der Waals surface area contributed by atoms with E-state index >= 15 is 0 Å². The summed E-state index contributed by atoms with van der Waals surface area (Å²) in [5, 5.41) is 5.62. The number of rotatable bonds is 7. The lowest BCUT2D eigenvalue weighted by atomic mass is 10.1. The van der Waals surface area contributed by atoms with Crippen molar-refractivity contribution in [3.05, 3.63) is 56.7 Å². The van der Waals surface area contributed by atoms with E-state index in [1.165, 1.54) is 14.9 Å². The highest BCUT2D eigenvalue weighted by Crippen LogP contribution is 2.25. The van der Waals surface area contributed by atoms with Gasteiger partial charge in [0, 0.05) is 33.9 Å². The van der Waals surface area contributed by atoms with Crippen molar-refractivity contribution >= 4 is 27.3 Å². The second kappa shape index (κ2) is 7.93. The fourth-order valence-corrected chi connectivity index (χ4v) is 3.79. The van der Waals surface area contributed by atoms with Gasteiger partial charge in [-0.15, -0.1) is 11.3 Å². The Morgan fingerprint density at radius 1 is 1.30 bits per heavy atom. The number of benzene rings is 1. The van der Waals surface area contributed by atoms with Crippen molar-refractivity contribution in [2.45, 2.75) is 19.5 Å². The molecule has 0 amide bonds. The van der Waals surface area contributed by atoms with Gasteiger partial charge in [0.15, 0.2) is 0 Å². The Bertz CT molecular complexity index is 512. The van der Waals surface area contributed by atoms with E-state index < -0.39 is 0 Å². The van der Waals surface area contributed by atoms with Gasteiger partial charge in [-0.2, -0.15) is 0 Å². The van der Waals surface area contributed by atoms with Crippen LogP contribution in [0.15, 0.2) is 46.3 Å². The third kappa shape index (κ3) is 4.42. The van der Waals surface area contributed by atoms with Gasteiger partial charge < -0.3 is 5.32 Å². The van der Waals surface area contributed by atoms with Gasteiger partial charge in [0.1, 0.15) is 0 Å². The standard InChI is InChI=1S/C16H21BrN2S/c1-3-18-10-16(13-7-5-4-6-8-13)19(2)11-15-9-14(17)12-20-15/h4-9,12,16,18H,3,10-11H2,1-2H3. The molecule has 1 heterocycles. The van der Waals surface area contributed by atoms with Crippen molar-refractivity contribution in [1.29, 1.82) is 0 Å². The molecule has 2 rings (SSSR count). The lowest BCUT2D eigenvalue weighted by molar-refractivity contribution is 0.233. The molecule has 1 aromatic heterocycles. The zero-order chi connectivity index (χ0) is 14.4. The number of hydrogen-bond acceptors (Lipinski definition) is 3. The number of hydrogen-bond donors (Lipinski definition) is 1. The molecule has 0 radical (unpaired) electrons. The highest BCUT2D eigenvalue weighted by Gasteiger charge is 2.17. The van der Waals surface area contributed by atoms with Crippen LogP contribution < -0.4 is 5.32 Å². The first-order chi connectivity index (χ1) is 9.70. The van der Waals surface area contributed by atoms with E-state index in [4.69, 9.17) is 0 Å². The van der Waals surface area contributed by atoms with Gasteiger partial charge in [-0.25, -0.2) is 0 Å². The van der Waals surface area contributed by atoms with Crippen LogP contribution in [0.3, 0.4) is 0 Å². The molecule has 108 valence electrons. The van der Waals surface area contributed by atoms with Gasteiger partial charge in [-0.3, -0.25) is 4.90 Å². The van der Waals surface area contributed by atoms with Crippen LogP contribution >= 0.6 is 27.3 Å². The van der Waals surface area contributed by atoms with E-state index in [0.717, 1.165) is 19.6 Å². The second-order valence-electron chi connectivity index (χ2n) is 4.88. The quantitative estimate of drug-likeness (QED) is 0.799. The minimum atomic E-state index is 0.400. The molecule has 0 saturated heterocycles. The monoisotopic (exact) mass is 352 g/mol. The third-order valence-electron chi connectivity index (χ3n) is 3.33. The lowest BCUT2D eigenvalue weighted by Gasteiger charge is -2.28. The van der Waals surface area contributed by atoms with Crippen LogP contribution in [-0.4, -0.2) is 25.0 Å². The second-order valence-corrected chi connectivity index (χ2v) is 6.79. The first-order valence-electron chi connectivity index (χ1n) is 6.89. The van der Waals surface area contributed by atoms with Gasteiger partial charge in [-0.1, -0.05) is 37.3 Å². The van der Waals surface area contributed by atoms with E-state index in [0.29, 0.717) is 6.04 Å². The molecule has 0 spiro atoms. The Morgan fingerprint density at radius 3 is 2.65 bits per heavy atom. The average Bonchev–Trinajstić information content (AvgIpc) is 2.86. The Labute approximate surface area is 133 Å². The molecule has 0 aliphatic carbocycles. The molecular formula is C16H21BrN2S. The van der Waals surface area contributed by atoms with Crippen LogP contribution in [0, 0.1) is 0 Å². The number of nitrogens with zero attached hydrogens (tertiary/aromatic N) is 1.